The quantitative estimate of drug-likeness (QED) is 0.467. The van der Waals surface area contributed by atoms with Gasteiger partial charge in [0.05, 0.1) is 18.6 Å². The standard InChI is InChI=1S/C25H31N5O3S/c1-18(2)15-23(32)29-12-10-20(11-13-29)26-22(31)17-34-25-28-27-24(21-9-6-14-33-21)30(25)16-19-7-4-3-5-8-19/h3-9,14,18,20H,10-13,15-17H2,1-2H3,(H,26,31). The third-order valence-corrected chi connectivity index (χ3v) is 6.74. The maximum Gasteiger partial charge on any atom is 0.230 e. The number of hydrogen-bond acceptors (Lipinski definition) is 6. The van der Waals surface area contributed by atoms with E-state index in [0.29, 0.717) is 48.7 Å². The third kappa shape index (κ3) is 6.28. The number of nitrogens with one attached hydrogen (secondary N) is 1. The molecule has 0 saturated carbocycles. The second kappa shape index (κ2) is 11.4. The van der Waals surface area contributed by atoms with E-state index in [1.807, 2.05) is 51.9 Å². The molecule has 2 aromatic heterocycles. The van der Waals surface area contributed by atoms with Crippen LogP contribution < -0.4 is 5.32 Å². The fourth-order valence-corrected chi connectivity index (χ4v) is 4.79. The van der Waals surface area contributed by atoms with Crippen LogP contribution in [-0.4, -0.2) is 56.4 Å². The fraction of sp³-hybridized carbons (Fsp3) is 0.440. The first-order valence-electron chi connectivity index (χ1n) is 11.7. The summed E-state index contributed by atoms with van der Waals surface area (Å²) in [6, 6.07) is 13.8. The Hall–Kier alpha value is -3.07. The molecule has 8 nitrogen and oxygen atoms in total. The van der Waals surface area contributed by atoms with Crippen LogP contribution >= 0.6 is 11.8 Å². The number of benzene rings is 1. The molecule has 0 unspecified atom stereocenters. The van der Waals surface area contributed by atoms with E-state index in [9.17, 15) is 9.59 Å². The number of amides is 2. The van der Waals surface area contributed by atoms with Gasteiger partial charge in [0.25, 0.3) is 0 Å². The number of carbonyl (C=O) groups is 2. The number of rotatable bonds is 9. The molecule has 34 heavy (non-hydrogen) atoms. The van der Waals surface area contributed by atoms with Gasteiger partial charge in [0.1, 0.15) is 0 Å². The summed E-state index contributed by atoms with van der Waals surface area (Å²) >= 11 is 1.36. The number of thioether (sulfide) groups is 1. The topological polar surface area (TPSA) is 93.3 Å². The van der Waals surface area contributed by atoms with Crippen LogP contribution in [0.5, 0.6) is 0 Å². The number of furan rings is 1. The van der Waals surface area contributed by atoms with E-state index < -0.39 is 0 Å². The Morgan fingerprint density at radius 2 is 1.88 bits per heavy atom. The van der Waals surface area contributed by atoms with Gasteiger partial charge < -0.3 is 14.6 Å². The number of nitrogens with zero attached hydrogens (tertiary/aromatic N) is 4. The normalized spacial score (nSPS) is 14.5. The lowest BCUT2D eigenvalue weighted by Crippen LogP contribution is -2.47. The molecule has 0 radical (unpaired) electrons. The Kier molecular flexibility index (Phi) is 8.05. The summed E-state index contributed by atoms with van der Waals surface area (Å²) in [4.78, 5) is 26.8. The molecule has 0 spiro atoms. The van der Waals surface area contributed by atoms with Gasteiger partial charge >= 0.3 is 0 Å². The fourth-order valence-electron chi connectivity index (χ4n) is 4.04. The molecule has 1 saturated heterocycles. The first kappa shape index (κ1) is 24.1. The lowest BCUT2D eigenvalue weighted by Gasteiger charge is -2.32. The second-order valence-corrected chi connectivity index (χ2v) is 9.91. The van der Waals surface area contributed by atoms with Gasteiger partial charge in [0, 0.05) is 25.6 Å². The molecule has 2 amide bonds. The van der Waals surface area contributed by atoms with E-state index in [1.54, 1.807) is 6.26 Å². The largest absolute Gasteiger partial charge is 0.461 e. The van der Waals surface area contributed by atoms with Crippen molar-refractivity contribution in [1.29, 1.82) is 0 Å². The van der Waals surface area contributed by atoms with Gasteiger partial charge in [0.15, 0.2) is 10.9 Å². The first-order valence-corrected chi connectivity index (χ1v) is 12.7. The van der Waals surface area contributed by atoms with E-state index in [2.05, 4.69) is 29.4 Å². The summed E-state index contributed by atoms with van der Waals surface area (Å²) < 4.78 is 7.52. The molecular formula is C25H31N5O3S. The first-order chi connectivity index (χ1) is 16.5. The smallest absolute Gasteiger partial charge is 0.230 e. The average Bonchev–Trinajstić information content (AvgIpc) is 3.48. The molecule has 4 rings (SSSR count). The van der Waals surface area contributed by atoms with Crippen molar-refractivity contribution in [3.8, 4) is 11.6 Å². The minimum Gasteiger partial charge on any atom is -0.461 e. The number of likely N-dealkylation sites (tertiary alicyclic amines) is 1. The van der Waals surface area contributed by atoms with Crippen molar-refractivity contribution in [2.24, 2.45) is 5.92 Å². The van der Waals surface area contributed by atoms with Crippen LogP contribution in [0.25, 0.3) is 11.6 Å². The molecule has 1 fully saturated rings. The van der Waals surface area contributed by atoms with Crippen LogP contribution in [-0.2, 0) is 16.1 Å². The minimum absolute atomic E-state index is 0.0363. The third-order valence-electron chi connectivity index (χ3n) is 5.77. The zero-order valence-electron chi connectivity index (χ0n) is 19.6. The number of piperidine rings is 1. The predicted molar refractivity (Wildman–Crippen MR) is 131 cm³/mol. The molecule has 9 heteroatoms. The van der Waals surface area contributed by atoms with Crippen molar-refractivity contribution in [1.82, 2.24) is 25.0 Å². The van der Waals surface area contributed by atoms with E-state index in [1.165, 1.54) is 11.8 Å². The van der Waals surface area contributed by atoms with Crippen LogP contribution in [0.4, 0.5) is 0 Å². The van der Waals surface area contributed by atoms with E-state index >= 15 is 0 Å². The number of aromatic nitrogens is 3. The van der Waals surface area contributed by atoms with Gasteiger partial charge in [-0.3, -0.25) is 14.2 Å². The maximum atomic E-state index is 12.7. The van der Waals surface area contributed by atoms with Gasteiger partial charge in [-0.05, 0) is 36.5 Å². The summed E-state index contributed by atoms with van der Waals surface area (Å²) in [6.45, 7) is 6.08. The lowest BCUT2D eigenvalue weighted by atomic mass is 10.0. The highest BCUT2D eigenvalue weighted by molar-refractivity contribution is 7.99. The summed E-state index contributed by atoms with van der Waals surface area (Å²) in [5.74, 6) is 2.05. The number of carbonyl (C=O) groups excluding carboxylic acids is 2. The molecule has 0 atom stereocenters. The van der Waals surface area contributed by atoms with Crippen molar-refractivity contribution < 1.29 is 14.0 Å². The highest BCUT2D eigenvalue weighted by atomic mass is 32.2. The SMILES string of the molecule is CC(C)CC(=O)N1CCC(NC(=O)CSc2nnc(-c3ccco3)n2Cc2ccccc2)CC1. The van der Waals surface area contributed by atoms with Crippen molar-refractivity contribution in [2.45, 2.75) is 50.9 Å². The van der Waals surface area contributed by atoms with E-state index in [-0.39, 0.29) is 23.6 Å². The molecule has 3 heterocycles. The van der Waals surface area contributed by atoms with Gasteiger partial charge in [-0.15, -0.1) is 10.2 Å². The molecular weight excluding hydrogens is 450 g/mol. The number of hydrogen-bond donors (Lipinski definition) is 1. The monoisotopic (exact) mass is 481 g/mol. The Bertz CT molecular complexity index is 1070. The minimum atomic E-state index is -0.0363. The van der Waals surface area contributed by atoms with Crippen molar-refractivity contribution in [3.05, 3.63) is 54.3 Å². The van der Waals surface area contributed by atoms with Crippen LogP contribution in [0.3, 0.4) is 0 Å². The van der Waals surface area contributed by atoms with Crippen molar-refractivity contribution >= 4 is 23.6 Å². The zero-order chi connectivity index (χ0) is 23.9. The maximum absolute atomic E-state index is 12.7. The molecule has 1 aliphatic heterocycles. The molecule has 180 valence electrons. The van der Waals surface area contributed by atoms with E-state index in [0.717, 1.165) is 18.4 Å². The van der Waals surface area contributed by atoms with Gasteiger partial charge in [0.2, 0.25) is 17.6 Å². The highest BCUT2D eigenvalue weighted by Gasteiger charge is 2.24. The Morgan fingerprint density at radius 1 is 1.12 bits per heavy atom. The Balaban J connectivity index is 1.33. The van der Waals surface area contributed by atoms with Crippen LogP contribution in [0, 0.1) is 5.92 Å². The Labute approximate surface area is 204 Å². The average molecular weight is 482 g/mol. The van der Waals surface area contributed by atoms with Gasteiger partial charge in [-0.1, -0.05) is 55.9 Å². The van der Waals surface area contributed by atoms with Crippen LogP contribution in [0.1, 0.15) is 38.7 Å². The second-order valence-electron chi connectivity index (χ2n) is 8.96. The summed E-state index contributed by atoms with van der Waals surface area (Å²) in [7, 11) is 0. The molecule has 1 aromatic carbocycles. The predicted octanol–water partition coefficient (Wildman–Crippen LogP) is 3.83. The summed E-state index contributed by atoms with van der Waals surface area (Å²) in [5.41, 5.74) is 1.11. The zero-order valence-corrected chi connectivity index (χ0v) is 20.5. The lowest BCUT2D eigenvalue weighted by molar-refractivity contribution is -0.133. The summed E-state index contributed by atoms with van der Waals surface area (Å²) in [5, 5.41) is 12.4. The van der Waals surface area contributed by atoms with Gasteiger partial charge in [-0.25, -0.2) is 0 Å². The molecule has 0 aliphatic carbocycles. The van der Waals surface area contributed by atoms with Crippen LogP contribution in [0.15, 0.2) is 58.3 Å². The molecule has 0 bridgehead atoms. The van der Waals surface area contributed by atoms with Crippen LogP contribution in [0.2, 0.25) is 0 Å². The van der Waals surface area contributed by atoms with Gasteiger partial charge in [-0.2, -0.15) is 0 Å². The van der Waals surface area contributed by atoms with Crippen molar-refractivity contribution in [2.75, 3.05) is 18.8 Å². The van der Waals surface area contributed by atoms with E-state index in [4.69, 9.17) is 4.42 Å². The van der Waals surface area contributed by atoms with Crippen molar-refractivity contribution in [3.63, 3.8) is 0 Å². The molecule has 3 aromatic rings. The highest BCUT2D eigenvalue weighted by Crippen LogP contribution is 2.25. The summed E-state index contributed by atoms with van der Waals surface area (Å²) in [6.07, 6.45) is 3.76. The molecule has 1 aliphatic rings. The molecule has 1 N–H and O–H groups in total. The Morgan fingerprint density at radius 3 is 2.56 bits per heavy atom.